The first kappa shape index (κ1) is 16.1. The number of anilines is 1. The summed E-state index contributed by atoms with van der Waals surface area (Å²) in [6.07, 6.45) is 2.57. The number of fused-ring (bicyclic) bond motifs is 1. The monoisotopic (exact) mass is 287 g/mol. The minimum atomic E-state index is 0.165. The van der Waals surface area contributed by atoms with E-state index in [4.69, 9.17) is 0 Å². The van der Waals surface area contributed by atoms with E-state index in [-0.39, 0.29) is 16.7 Å². The maximum Gasteiger partial charge on any atom is 0.227 e. The molecule has 0 N–H and O–H groups in total. The molecule has 0 saturated carbocycles. The van der Waals surface area contributed by atoms with Crippen molar-refractivity contribution in [1.29, 1.82) is 0 Å². The van der Waals surface area contributed by atoms with Crippen LogP contribution in [0.25, 0.3) is 0 Å². The van der Waals surface area contributed by atoms with E-state index in [2.05, 4.69) is 59.7 Å². The lowest BCUT2D eigenvalue weighted by Crippen LogP contribution is -2.29. The summed E-state index contributed by atoms with van der Waals surface area (Å²) in [4.78, 5) is 14.4. The normalized spacial score (nSPS) is 15.2. The maximum atomic E-state index is 12.5. The summed E-state index contributed by atoms with van der Waals surface area (Å²) in [5.41, 5.74) is 4.19. The molecule has 2 nitrogen and oxygen atoms in total. The van der Waals surface area contributed by atoms with E-state index in [1.165, 1.54) is 11.1 Å². The number of amides is 1. The summed E-state index contributed by atoms with van der Waals surface area (Å²) in [7, 11) is 0. The van der Waals surface area contributed by atoms with E-state index in [0.717, 1.165) is 25.1 Å². The Morgan fingerprint density at radius 3 is 2.38 bits per heavy atom. The van der Waals surface area contributed by atoms with Crippen molar-refractivity contribution < 1.29 is 4.79 Å². The Labute approximate surface area is 129 Å². The van der Waals surface area contributed by atoms with Gasteiger partial charge in [-0.1, -0.05) is 53.7 Å². The molecule has 1 aliphatic rings. The quantitative estimate of drug-likeness (QED) is 0.772. The predicted octanol–water partition coefficient (Wildman–Crippen LogP) is 4.70. The lowest BCUT2D eigenvalue weighted by molar-refractivity contribution is -0.119. The molecule has 0 unspecified atom stereocenters. The van der Waals surface area contributed by atoms with Gasteiger partial charge in [0.15, 0.2) is 0 Å². The molecule has 0 aromatic heterocycles. The van der Waals surface area contributed by atoms with Gasteiger partial charge in [-0.05, 0) is 40.9 Å². The van der Waals surface area contributed by atoms with Crippen LogP contribution in [0.5, 0.6) is 0 Å². The van der Waals surface area contributed by atoms with Crippen LogP contribution >= 0.6 is 0 Å². The molecule has 116 valence electrons. The third-order valence-corrected chi connectivity index (χ3v) is 4.23. The topological polar surface area (TPSA) is 20.3 Å². The van der Waals surface area contributed by atoms with Crippen molar-refractivity contribution in [2.24, 2.45) is 5.41 Å². The largest absolute Gasteiger partial charge is 0.312 e. The lowest BCUT2D eigenvalue weighted by atomic mass is 9.86. The van der Waals surface area contributed by atoms with Gasteiger partial charge in [0.25, 0.3) is 0 Å². The van der Waals surface area contributed by atoms with Crippen LogP contribution in [-0.4, -0.2) is 12.5 Å². The minimum Gasteiger partial charge on any atom is -0.312 e. The average molecular weight is 287 g/mol. The summed E-state index contributed by atoms with van der Waals surface area (Å²) in [5.74, 6) is 0.271. The van der Waals surface area contributed by atoms with Crippen LogP contribution in [0.3, 0.4) is 0 Å². The van der Waals surface area contributed by atoms with Gasteiger partial charge in [-0.3, -0.25) is 4.79 Å². The Hall–Kier alpha value is -1.31. The van der Waals surface area contributed by atoms with Crippen LogP contribution in [0.15, 0.2) is 18.2 Å². The standard InChI is InChI=1S/C19H29NO/c1-18(2,3)11-9-17(21)20-12-10-14-13-15(19(4,5)6)7-8-16(14)20/h7-8,13H,9-12H2,1-6H3. The number of rotatable bonds is 2. The Morgan fingerprint density at radius 1 is 1.14 bits per heavy atom. The summed E-state index contributed by atoms with van der Waals surface area (Å²) in [5, 5.41) is 0. The number of hydrogen-bond acceptors (Lipinski definition) is 1. The van der Waals surface area contributed by atoms with Gasteiger partial charge in [-0.2, -0.15) is 0 Å². The van der Waals surface area contributed by atoms with E-state index in [9.17, 15) is 4.79 Å². The molecule has 0 radical (unpaired) electrons. The highest BCUT2D eigenvalue weighted by Gasteiger charge is 2.27. The smallest absolute Gasteiger partial charge is 0.227 e. The lowest BCUT2D eigenvalue weighted by Gasteiger charge is -2.23. The van der Waals surface area contributed by atoms with Crippen LogP contribution in [0.4, 0.5) is 5.69 Å². The minimum absolute atomic E-state index is 0.165. The van der Waals surface area contributed by atoms with Gasteiger partial charge in [-0.25, -0.2) is 0 Å². The number of hydrogen-bond donors (Lipinski definition) is 0. The third-order valence-electron chi connectivity index (χ3n) is 4.23. The Bertz CT molecular complexity index is 531. The van der Waals surface area contributed by atoms with Crippen LogP contribution in [0, 0.1) is 5.41 Å². The Kier molecular flexibility index (Phi) is 4.19. The van der Waals surface area contributed by atoms with Gasteiger partial charge in [0.05, 0.1) is 0 Å². The molecule has 0 fully saturated rings. The molecule has 0 spiro atoms. The molecule has 1 amide bonds. The van der Waals surface area contributed by atoms with Crippen molar-refractivity contribution in [2.75, 3.05) is 11.4 Å². The van der Waals surface area contributed by atoms with Gasteiger partial charge in [0.2, 0.25) is 5.91 Å². The van der Waals surface area contributed by atoms with Crippen molar-refractivity contribution in [2.45, 2.75) is 66.2 Å². The number of benzene rings is 1. The predicted molar refractivity (Wildman–Crippen MR) is 89.9 cm³/mol. The molecule has 1 heterocycles. The fourth-order valence-corrected chi connectivity index (χ4v) is 2.74. The van der Waals surface area contributed by atoms with Crippen molar-refractivity contribution >= 4 is 11.6 Å². The summed E-state index contributed by atoms with van der Waals surface area (Å²) in [6, 6.07) is 6.60. The van der Waals surface area contributed by atoms with Crippen LogP contribution in [0.2, 0.25) is 0 Å². The van der Waals surface area contributed by atoms with Crippen molar-refractivity contribution in [3.63, 3.8) is 0 Å². The summed E-state index contributed by atoms with van der Waals surface area (Å²) in [6.45, 7) is 14.1. The van der Waals surface area contributed by atoms with Crippen molar-refractivity contribution in [3.8, 4) is 0 Å². The fourth-order valence-electron chi connectivity index (χ4n) is 2.74. The zero-order valence-corrected chi connectivity index (χ0v) is 14.4. The second-order valence-corrected chi connectivity index (χ2v) is 8.45. The SMILES string of the molecule is CC(C)(C)CCC(=O)N1CCc2cc(C(C)(C)C)ccc21. The zero-order chi connectivity index (χ0) is 15.8. The zero-order valence-electron chi connectivity index (χ0n) is 14.4. The first-order valence-electron chi connectivity index (χ1n) is 8.02. The molecule has 1 aliphatic heterocycles. The van der Waals surface area contributed by atoms with E-state index >= 15 is 0 Å². The van der Waals surface area contributed by atoms with Crippen LogP contribution in [-0.2, 0) is 16.6 Å². The molecular weight excluding hydrogens is 258 g/mol. The Balaban J connectivity index is 2.14. The maximum absolute atomic E-state index is 12.5. The molecule has 0 atom stereocenters. The first-order valence-corrected chi connectivity index (χ1v) is 8.02. The number of carbonyl (C=O) groups is 1. The van der Waals surface area contributed by atoms with Crippen LogP contribution in [0.1, 0.15) is 65.5 Å². The van der Waals surface area contributed by atoms with Crippen LogP contribution < -0.4 is 4.90 Å². The number of carbonyl (C=O) groups excluding carboxylic acids is 1. The molecule has 21 heavy (non-hydrogen) atoms. The molecule has 1 aromatic rings. The van der Waals surface area contributed by atoms with Gasteiger partial charge >= 0.3 is 0 Å². The molecular formula is C19H29NO. The molecule has 2 rings (SSSR count). The fraction of sp³-hybridized carbons (Fsp3) is 0.632. The third kappa shape index (κ3) is 3.87. The summed E-state index contributed by atoms with van der Waals surface area (Å²) < 4.78 is 0. The van der Waals surface area contributed by atoms with E-state index in [0.29, 0.717) is 6.42 Å². The van der Waals surface area contributed by atoms with Gasteiger partial charge in [0.1, 0.15) is 0 Å². The van der Waals surface area contributed by atoms with E-state index < -0.39 is 0 Å². The second kappa shape index (κ2) is 5.47. The molecule has 1 aromatic carbocycles. The van der Waals surface area contributed by atoms with Crippen molar-refractivity contribution in [3.05, 3.63) is 29.3 Å². The van der Waals surface area contributed by atoms with E-state index in [1.54, 1.807) is 0 Å². The first-order chi connectivity index (χ1) is 9.58. The highest BCUT2D eigenvalue weighted by molar-refractivity contribution is 5.95. The average Bonchev–Trinajstić information content (AvgIpc) is 2.76. The highest BCUT2D eigenvalue weighted by Crippen LogP contribution is 2.33. The molecule has 0 bridgehead atoms. The van der Waals surface area contributed by atoms with E-state index in [1.807, 2.05) is 4.90 Å². The molecule has 0 saturated heterocycles. The van der Waals surface area contributed by atoms with Crippen molar-refractivity contribution in [1.82, 2.24) is 0 Å². The molecule has 2 heteroatoms. The second-order valence-electron chi connectivity index (χ2n) is 8.45. The highest BCUT2D eigenvalue weighted by atomic mass is 16.2. The number of nitrogens with zero attached hydrogens (tertiary/aromatic N) is 1. The summed E-state index contributed by atoms with van der Waals surface area (Å²) >= 11 is 0. The Morgan fingerprint density at radius 2 is 1.81 bits per heavy atom. The van der Waals surface area contributed by atoms with Gasteiger partial charge in [0, 0.05) is 18.7 Å². The molecule has 0 aliphatic carbocycles. The van der Waals surface area contributed by atoms with Gasteiger partial charge < -0.3 is 4.90 Å². The van der Waals surface area contributed by atoms with Gasteiger partial charge in [-0.15, -0.1) is 0 Å².